The molecule has 6 heteroatoms. The van der Waals surface area contributed by atoms with Gasteiger partial charge in [-0.15, -0.1) is 0 Å². The van der Waals surface area contributed by atoms with E-state index < -0.39 is 5.54 Å². The zero-order valence-electron chi connectivity index (χ0n) is 16.1. The molecule has 1 saturated carbocycles. The Morgan fingerprint density at radius 3 is 2.37 bits per heavy atom. The number of piperazine rings is 1. The maximum Gasteiger partial charge on any atom is 0.278 e. The Hall–Kier alpha value is -2.39. The number of rotatable bonds is 4. The lowest BCUT2D eigenvalue weighted by Crippen LogP contribution is -3.16. The maximum atomic E-state index is 12.8. The molecule has 0 bridgehead atoms. The van der Waals surface area contributed by atoms with Gasteiger partial charge in [0.1, 0.15) is 5.54 Å². The van der Waals surface area contributed by atoms with Crippen molar-refractivity contribution in [1.82, 2.24) is 9.80 Å². The third-order valence-electron chi connectivity index (χ3n) is 6.08. The minimum absolute atomic E-state index is 0.0382. The van der Waals surface area contributed by atoms with Crippen molar-refractivity contribution < 1.29 is 14.5 Å². The fourth-order valence-electron chi connectivity index (χ4n) is 4.20. The van der Waals surface area contributed by atoms with Gasteiger partial charge < -0.3 is 14.7 Å². The first-order chi connectivity index (χ1) is 13.1. The Bertz CT molecular complexity index is 699. The number of carbonyl (C=O) groups excluding carboxylic acids is 2. The highest BCUT2D eigenvalue weighted by atomic mass is 16.2. The fraction of sp³-hybridized carbons (Fsp3) is 0.571. The summed E-state index contributed by atoms with van der Waals surface area (Å²) in [7, 11) is 1.78. The Kier molecular flexibility index (Phi) is 6.12. The lowest BCUT2D eigenvalue weighted by atomic mass is 9.81. The van der Waals surface area contributed by atoms with Crippen LogP contribution in [0.25, 0.3) is 0 Å². The monoisotopic (exact) mass is 369 g/mol. The van der Waals surface area contributed by atoms with Gasteiger partial charge in [0.2, 0.25) is 0 Å². The number of carbonyl (C=O) groups is 2. The number of nitrogens with zero attached hydrogens (tertiary/aromatic N) is 3. The topological polar surface area (TPSA) is 68.8 Å². The van der Waals surface area contributed by atoms with Gasteiger partial charge in [-0.2, -0.15) is 5.26 Å². The Balaban J connectivity index is 1.52. The maximum absolute atomic E-state index is 12.8. The highest BCUT2D eigenvalue weighted by Crippen LogP contribution is 2.32. The predicted octanol–water partition coefficient (Wildman–Crippen LogP) is 0.712. The van der Waals surface area contributed by atoms with E-state index in [1.807, 2.05) is 35.2 Å². The third kappa shape index (κ3) is 4.30. The van der Waals surface area contributed by atoms with Crippen molar-refractivity contribution in [3.05, 3.63) is 35.9 Å². The lowest BCUT2D eigenvalue weighted by molar-refractivity contribution is -0.896. The summed E-state index contributed by atoms with van der Waals surface area (Å²) in [5.41, 5.74) is 0.0879. The van der Waals surface area contributed by atoms with Crippen LogP contribution in [0.3, 0.4) is 0 Å². The SMILES string of the molecule is CN(C(=O)C[NH+]1CCN(C(=O)c2ccccc2)CC1)C1(C#N)CCCCC1. The quantitative estimate of drug-likeness (QED) is 0.850. The molecule has 0 unspecified atom stereocenters. The molecule has 2 aliphatic rings. The molecule has 0 spiro atoms. The van der Waals surface area contributed by atoms with Crippen molar-refractivity contribution >= 4 is 11.8 Å². The van der Waals surface area contributed by atoms with E-state index in [-0.39, 0.29) is 11.8 Å². The number of hydrogen-bond acceptors (Lipinski definition) is 3. The van der Waals surface area contributed by atoms with Crippen LogP contribution >= 0.6 is 0 Å². The largest absolute Gasteiger partial charge is 0.327 e. The van der Waals surface area contributed by atoms with Crippen LogP contribution in [0.5, 0.6) is 0 Å². The molecule has 0 radical (unpaired) electrons. The number of amides is 2. The minimum Gasteiger partial charge on any atom is -0.327 e. The summed E-state index contributed by atoms with van der Waals surface area (Å²) in [6.45, 7) is 3.23. The highest BCUT2D eigenvalue weighted by molar-refractivity contribution is 5.94. The van der Waals surface area contributed by atoms with Gasteiger partial charge in [-0.3, -0.25) is 9.59 Å². The van der Waals surface area contributed by atoms with Crippen molar-refractivity contribution in [2.75, 3.05) is 39.8 Å². The smallest absolute Gasteiger partial charge is 0.278 e. The Morgan fingerprint density at radius 2 is 1.78 bits per heavy atom. The third-order valence-corrected chi connectivity index (χ3v) is 6.08. The first kappa shape index (κ1) is 19.4. The second kappa shape index (κ2) is 8.53. The van der Waals surface area contributed by atoms with E-state index >= 15 is 0 Å². The van der Waals surface area contributed by atoms with Crippen LogP contribution < -0.4 is 4.90 Å². The summed E-state index contributed by atoms with van der Waals surface area (Å²) in [5, 5.41) is 9.68. The lowest BCUT2D eigenvalue weighted by Gasteiger charge is -2.40. The normalized spacial score (nSPS) is 19.9. The average molecular weight is 369 g/mol. The highest BCUT2D eigenvalue weighted by Gasteiger charge is 2.40. The number of nitriles is 1. The minimum atomic E-state index is -0.625. The number of likely N-dealkylation sites (N-methyl/N-ethyl adjacent to an activating group) is 1. The molecular weight excluding hydrogens is 340 g/mol. The van der Waals surface area contributed by atoms with Crippen molar-refractivity contribution in [1.29, 1.82) is 5.26 Å². The van der Waals surface area contributed by atoms with E-state index in [0.717, 1.165) is 45.2 Å². The van der Waals surface area contributed by atoms with E-state index in [1.54, 1.807) is 11.9 Å². The molecule has 6 nitrogen and oxygen atoms in total. The summed E-state index contributed by atoms with van der Waals surface area (Å²) in [4.78, 5) is 30.1. The van der Waals surface area contributed by atoms with Gasteiger partial charge in [0.15, 0.2) is 6.54 Å². The van der Waals surface area contributed by atoms with Crippen LogP contribution in [-0.2, 0) is 4.79 Å². The Morgan fingerprint density at radius 1 is 1.15 bits per heavy atom. The summed E-state index contributed by atoms with van der Waals surface area (Å²) >= 11 is 0. The first-order valence-electron chi connectivity index (χ1n) is 9.91. The molecule has 2 fully saturated rings. The van der Waals surface area contributed by atoms with E-state index in [4.69, 9.17) is 0 Å². The molecule has 1 aromatic rings. The van der Waals surface area contributed by atoms with Gasteiger partial charge in [-0.1, -0.05) is 37.5 Å². The number of benzene rings is 1. The molecule has 27 heavy (non-hydrogen) atoms. The molecule has 0 aromatic heterocycles. The molecule has 1 N–H and O–H groups in total. The standard InChI is InChI=1S/C21H28N4O2/c1-23(21(17-22)10-6-3-7-11-21)19(26)16-24-12-14-25(15-13-24)20(27)18-8-4-2-5-9-18/h2,4-5,8-9H,3,6-7,10-16H2,1H3/p+1. The summed E-state index contributed by atoms with van der Waals surface area (Å²) in [6, 6.07) is 11.7. The molecule has 1 aromatic carbocycles. The molecule has 3 rings (SSSR count). The molecular formula is C21H29N4O2+. The van der Waals surface area contributed by atoms with Crippen LogP contribution in [0.1, 0.15) is 42.5 Å². The van der Waals surface area contributed by atoms with Crippen LogP contribution in [0, 0.1) is 11.3 Å². The average Bonchev–Trinajstić information content (AvgIpc) is 2.74. The number of nitrogens with one attached hydrogen (secondary N) is 1. The van der Waals surface area contributed by atoms with Gasteiger partial charge in [0.25, 0.3) is 11.8 Å². The van der Waals surface area contributed by atoms with Crippen molar-refractivity contribution in [2.24, 2.45) is 0 Å². The molecule has 144 valence electrons. The van der Waals surface area contributed by atoms with Crippen molar-refractivity contribution in [3.63, 3.8) is 0 Å². The van der Waals surface area contributed by atoms with Crippen LogP contribution in [0.15, 0.2) is 30.3 Å². The van der Waals surface area contributed by atoms with Crippen LogP contribution in [-0.4, -0.2) is 66.9 Å². The number of quaternary nitrogens is 1. The van der Waals surface area contributed by atoms with Crippen molar-refractivity contribution in [2.45, 2.75) is 37.6 Å². The van der Waals surface area contributed by atoms with Gasteiger partial charge in [-0.25, -0.2) is 0 Å². The predicted molar refractivity (Wildman–Crippen MR) is 102 cm³/mol. The summed E-state index contributed by atoms with van der Waals surface area (Å²) in [6.07, 6.45) is 4.73. The molecule has 1 saturated heterocycles. The van der Waals surface area contributed by atoms with Crippen LogP contribution in [0.2, 0.25) is 0 Å². The van der Waals surface area contributed by atoms with Gasteiger partial charge in [-0.05, 0) is 25.0 Å². The number of hydrogen-bond donors (Lipinski definition) is 1. The van der Waals surface area contributed by atoms with E-state index in [2.05, 4.69) is 6.07 Å². The van der Waals surface area contributed by atoms with Crippen molar-refractivity contribution in [3.8, 4) is 6.07 Å². The Labute approximate surface area is 161 Å². The molecule has 1 aliphatic carbocycles. The molecule has 2 amide bonds. The summed E-state index contributed by atoms with van der Waals surface area (Å²) < 4.78 is 0. The van der Waals surface area contributed by atoms with Gasteiger partial charge >= 0.3 is 0 Å². The van der Waals surface area contributed by atoms with Crippen LogP contribution in [0.4, 0.5) is 0 Å². The second-order valence-electron chi connectivity index (χ2n) is 7.74. The molecule has 1 heterocycles. The van der Waals surface area contributed by atoms with E-state index in [0.29, 0.717) is 25.2 Å². The zero-order chi connectivity index (χ0) is 19.3. The second-order valence-corrected chi connectivity index (χ2v) is 7.74. The van der Waals surface area contributed by atoms with Gasteiger partial charge in [0, 0.05) is 12.6 Å². The fourth-order valence-corrected chi connectivity index (χ4v) is 4.20. The van der Waals surface area contributed by atoms with E-state index in [9.17, 15) is 14.9 Å². The molecule has 0 atom stereocenters. The van der Waals surface area contributed by atoms with Gasteiger partial charge in [0.05, 0.1) is 32.2 Å². The zero-order valence-corrected chi connectivity index (χ0v) is 16.1. The molecule has 1 aliphatic heterocycles. The summed E-state index contributed by atoms with van der Waals surface area (Å²) in [5.74, 6) is 0.0972. The van der Waals surface area contributed by atoms with E-state index in [1.165, 1.54) is 4.90 Å². The first-order valence-corrected chi connectivity index (χ1v) is 9.91.